The van der Waals surface area contributed by atoms with Gasteiger partial charge in [0.25, 0.3) is 0 Å². The Bertz CT molecular complexity index is 439. The number of ether oxygens (including phenoxy) is 1. The highest BCUT2D eigenvalue weighted by Gasteiger charge is 2.21. The molecule has 0 aliphatic heterocycles. The molecule has 0 unspecified atom stereocenters. The van der Waals surface area contributed by atoms with E-state index in [1.54, 1.807) is 6.92 Å². The number of esters is 1. The van der Waals surface area contributed by atoms with E-state index in [-0.39, 0.29) is 24.7 Å². The molecule has 1 rings (SSSR count). The molecule has 17 heavy (non-hydrogen) atoms. The van der Waals surface area contributed by atoms with Gasteiger partial charge in [-0.1, -0.05) is 6.92 Å². The molecule has 0 atom stereocenters. The van der Waals surface area contributed by atoms with Crippen molar-refractivity contribution in [3.8, 4) is 0 Å². The summed E-state index contributed by atoms with van der Waals surface area (Å²) in [5.41, 5.74) is 10.9. The number of imidazole rings is 1. The van der Waals surface area contributed by atoms with E-state index in [1.807, 2.05) is 6.92 Å². The van der Waals surface area contributed by atoms with Crippen LogP contribution in [0, 0.1) is 0 Å². The molecule has 0 bridgehead atoms. The Morgan fingerprint density at radius 3 is 2.53 bits per heavy atom. The summed E-state index contributed by atoms with van der Waals surface area (Å²) in [4.78, 5) is 26.5. The minimum absolute atomic E-state index is 0.0324. The molecule has 1 aromatic heterocycles. The minimum atomic E-state index is -0.595. The quantitative estimate of drug-likeness (QED) is 0.685. The van der Waals surface area contributed by atoms with Gasteiger partial charge < -0.3 is 20.8 Å². The first kappa shape index (κ1) is 13.0. The summed E-state index contributed by atoms with van der Waals surface area (Å²) >= 11 is 0. The van der Waals surface area contributed by atoms with Crippen molar-refractivity contribution in [3.05, 3.63) is 11.5 Å². The van der Waals surface area contributed by atoms with Crippen molar-refractivity contribution in [2.75, 3.05) is 12.3 Å². The highest BCUT2D eigenvalue weighted by atomic mass is 16.5. The van der Waals surface area contributed by atoms with Crippen LogP contribution in [0.25, 0.3) is 0 Å². The molecule has 1 aromatic rings. The van der Waals surface area contributed by atoms with Crippen molar-refractivity contribution in [2.24, 2.45) is 5.73 Å². The van der Waals surface area contributed by atoms with Crippen LogP contribution in [0.3, 0.4) is 0 Å². The van der Waals surface area contributed by atoms with Gasteiger partial charge in [-0.15, -0.1) is 0 Å². The fourth-order valence-corrected chi connectivity index (χ4v) is 1.47. The first-order chi connectivity index (χ1) is 8.01. The first-order valence-electron chi connectivity index (χ1n) is 5.31. The number of carbonyl (C=O) groups excluding carboxylic acids is 2. The molecule has 0 saturated carbocycles. The number of amides is 1. The predicted octanol–water partition coefficient (Wildman–Crippen LogP) is -0.310. The van der Waals surface area contributed by atoms with Crippen molar-refractivity contribution < 1.29 is 14.3 Å². The number of aryl methyl sites for hydroxylation is 1. The highest BCUT2D eigenvalue weighted by Crippen LogP contribution is 2.16. The largest absolute Gasteiger partial charge is 0.461 e. The van der Waals surface area contributed by atoms with Crippen LogP contribution >= 0.6 is 0 Å². The van der Waals surface area contributed by atoms with Crippen LogP contribution in [-0.2, 0) is 22.5 Å². The number of carbonyl (C=O) groups is 2. The van der Waals surface area contributed by atoms with Gasteiger partial charge in [0.2, 0.25) is 5.91 Å². The van der Waals surface area contributed by atoms with E-state index in [0.29, 0.717) is 12.2 Å². The Morgan fingerprint density at radius 2 is 2.06 bits per heavy atom. The van der Waals surface area contributed by atoms with Crippen molar-refractivity contribution >= 4 is 17.7 Å². The molecule has 7 nitrogen and oxygen atoms in total. The monoisotopic (exact) mass is 240 g/mol. The van der Waals surface area contributed by atoms with Gasteiger partial charge >= 0.3 is 5.97 Å². The number of rotatable bonds is 5. The number of hydrogen-bond donors (Lipinski definition) is 2. The highest BCUT2D eigenvalue weighted by molar-refractivity contribution is 5.92. The van der Waals surface area contributed by atoms with Crippen LogP contribution in [-0.4, -0.2) is 28.0 Å². The number of nitrogens with two attached hydrogens (primary N) is 2. The molecule has 0 fully saturated rings. The van der Waals surface area contributed by atoms with Gasteiger partial charge in [0.05, 0.1) is 6.61 Å². The lowest BCUT2D eigenvalue weighted by molar-refractivity contribution is -0.118. The molecule has 0 aliphatic rings. The Kier molecular flexibility index (Phi) is 4.08. The van der Waals surface area contributed by atoms with Gasteiger partial charge in [-0.05, 0) is 6.92 Å². The molecule has 0 saturated heterocycles. The smallest absolute Gasteiger partial charge is 0.360 e. The number of hydrogen-bond acceptors (Lipinski definition) is 5. The van der Waals surface area contributed by atoms with E-state index in [1.165, 1.54) is 4.57 Å². The average molecular weight is 240 g/mol. The third-order valence-corrected chi connectivity index (χ3v) is 2.18. The molecular formula is C10H16N4O3. The lowest BCUT2D eigenvalue weighted by Crippen LogP contribution is -2.21. The van der Waals surface area contributed by atoms with E-state index >= 15 is 0 Å². The zero-order valence-corrected chi connectivity index (χ0v) is 9.90. The molecule has 4 N–H and O–H groups in total. The average Bonchev–Trinajstić information content (AvgIpc) is 2.56. The summed E-state index contributed by atoms with van der Waals surface area (Å²) < 4.78 is 6.24. The van der Waals surface area contributed by atoms with E-state index in [4.69, 9.17) is 16.2 Å². The SMILES string of the molecule is CCOC(=O)c1nc(CC)n(CC(N)=O)c1N. The molecular weight excluding hydrogens is 224 g/mol. The van der Waals surface area contributed by atoms with Gasteiger partial charge in [-0.25, -0.2) is 9.78 Å². The van der Waals surface area contributed by atoms with Crippen molar-refractivity contribution in [3.63, 3.8) is 0 Å². The van der Waals surface area contributed by atoms with Crippen molar-refractivity contribution in [1.29, 1.82) is 0 Å². The predicted molar refractivity (Wildman–Crippen MR) is 61.2 cm³/mol. The Hall–Kier alpha value is -2.05. The second-order valence-corrected chi connectivity index (χ2v) is 3.39. The Labute approximate surface area is 98.7 Å². The van der Waals surface area contributed by atoms with E-state index < -0.39 is 11.9 Å². The summed E-state index contributed by atoms with van der Waals surface area (Å²) in [5, 5.41) is 0. The molecule has 94 valence electrons. The van der Waals surface area contributed by atoms with Gasteiger partial charge in [0.1, 0.15) is 18.2 Å². The van der Waals surface area contributed by atoms with Crippen LogP contribution in [0.4, 0.5) is 5.82 Å². The van der Waals surface area contributed by atoms with E-state index in [2.05, 4.69) is 4.98 Å². The standard InChI is InChI=1S/C10H16N4O3/c1-3-7-13-8(10(16)17-4-2)9(12)14(7)5-6(11)15/h3-5,12H2,1-2H3,(H2,11,15). The van der Waals surface area contributed by atoms with Crippen molar-refractivity contribution in [1.82, 2.24) is 9.55 Å². The van der Waals surface area contributed by atoms with Gasteiger partial charge in [0, 0.05) is 6.42 Å². The van der Waals surface area contributed by atoms with Gasteiger partial charge in [-0.3, -0.25) is 4.79 Å². The number of nitrogens with zero attached hydrogens (tertiary/aromatic N) is 2. The second kappa shape index (κ2) is 5.33. The Balaban J connectivity index is 3.13. The fraction of sp³-hybridized carbons (Fsp3) is 0.500. The van der Waals surface area contributed by atoms with Crippen LogP contribution in [0.2, 0.25) is 0 Å². The normalized spacial score (nSPS) is 10.2. The van der Waals surface area contributed by atoms with Crippen molar-refractivity contribution in [2.45, 2.75) is 26.8 Å². The zero-order chi connectivity index (χ0) is 13.0. The molecule has 0 aromatic carbocycles. The molecule has 1 heterocycles. The fourth-order valence-electron chi connectivity index (χ4n) is 1.47. The summed E-state index contributed by atoms with van der Waals surface area (Å²) in [6.45, 7) is 3.67. The number of anilines is 1. The lowest BCUT2D eigenvalue weighted by atomic mass is 10.4. The summed E-state index contributed by atoms with van der Waals surface area (Å²) in [7, 11) is 0. The van der Waals surface area contributed by atoms with Gasteiger partial charge in [0.15, 0.2) is 5.69 Å². The lowest BCUT2D eigenvalue weighted by Gasteiger charge is -2.05. The summed E-state index contributed by atoms with van der Waals surface area (Å²) in [6.07, 6.45) is 0.539. The molecule has 0 radical (unpaired) electrons. The molecule has 0 aliphatic carbocycles. The molecule has 0 spiro atoms. The van der Waals surface area contributed by atoms with Crippen LogP contribution < -0.4 is 11.5 Å². The Morgan fingerprint density at radius 1 is 1.41 bits per heavy atom. The topological polar surface area (TPSA) is 113 Å². The van der Waals surface area contributed by atoms with E-state index in [0.717, 1.165) is 0 Å². The second-order valence-electron chi connectivity index (χ2n) is 3.39. The number of nitrogen functional groups attached to an aromatic ring is 1. The van der Waals surface area contributed by atoms with Crippen LogP contribution in [0.1, 0.15) is 30.2 Å². The third-order valence-electron chi connectivity index (χ3n) is 2.18. The minimum Gasteiger partial charge on any atom is -0.461 e. The summed E-state index contributed by atoms with van der Waals surface area (Å²) in [6, 6.07) is 0. The maximum Gasteiger partial charge on any atom is 0.360 e. The third kappa shape index (κ3) is 2.74. The molecule has 7 heteroatoms. The van der Waals surface area contributed by atoms with Crippen LogP contribution in [0.15, 0.2) is 0 Å². The summed E-state index contributed by atoms with van der Waals surface area (Å²) in [5.74, 6) is -0.495. The maximum atomic E-state index is 11.5. The van der Waals surface area contributed by atoms with E-state index in [9.17, 15) is 9.59 Å². The maximum absolute atomic E-state index is 11.5. The number of aromatic nitrogens is 2. The van der Waals surface area contributed by atoms with Gasteiger partial charge in [-0.2, -0.15) is 0 Å². The van der Waals surface area contributed by atoms with Crippen LogP contribution in [0.5, 0.6) is 0 Å². The molecule has 1 amide bonds. The first-order valence-corrected chi connectivity index (χ1v) is 5.31. The zero-order valence-electron chi connectivity index (χ0n) is 9.90. The number of primary amides is 1.